The highest BCUT2D eigenvalue weighted by Gasteiger charge is 2.62. The molecule has 0 amide bonds. The number of ether oxygens (including phenoxy) is 1. The highest BCUT2D eigenvalue weighted by atomic mass is 16.5. The van der Waals surface area contributed by atoms with Crippen LogP contribution in [0.1, 0.15) is 52.4 Å². The van der Waals surface area contributed by atoms with Gasteiger partial charge >= 0.3 is 0 Å². The molecule has 0 spiro atoms. The standard InChI is InChI=1S/C22H31NO/c1-15-12-19-17-8-7-16-6-4-5-10-21(16,2)18(17)9-11-22(19,14-24-3)20(15)13-23/h4,6-7,15,17-20H,5,8-12,14H2,1-3H3/t15-,17+,18-,19-,20-,21-,22+/m0/s1. The molecular weight excluding hydrogens is 294 g/mol. The first-order valence-corrected chi connectivity index (χ1v) is 9.82. The lowest BCUT2D eigenvalue weighted by atomic mass is 9.48. The summed E-state index contributed by atoms with van der Waals surface area (Å²) in [4.78, 5) is 0. The number of nitrogens with zero attached hydrogens (tertiary/aromatic N) is 1. The molecule has 4 aliphatic carbocycles. The zero-order valence-electron chi connectivity index (χ0n) is 15.4. The summed E-state index contributed by atoms with van der Waals surface area (Å²) in [5.74, 6) is 2.89. The zero-order valence-corrected chi connectivity index (χ0v) is 15.4. The summed E-state index contributed by atoms with van der Waals surface area (Å²) in [5.41, 5.74) is 2.07. The molecule has 0 radical (unpaired) electrons. The summed E-state index contributed by atoms with van der Waals surface area (Å²) < 4.78 is 5.70. The van der Waals surface area contributed by atoms with Gasteiger partial charge in [0, 0.05) is 12.5 Å². The Bertz CT molecular complexity index is 614. The summed E-state index contributed by atoms with van der Waals surface area (Å²) in [6.45, 7) is 5.59. The van der Waals surface area contributed by atoms with Crippen molar-refractivity contribution in [2.75, 3.05) is 13.7 Å². The molecule has 4 aliphatic rings. The topological polar surface area (TPSA) is 33.0 Å². The molecule has 130 valence electrons. The van der Waals surface area contributed by atoms with Crippen molar-refractivity contribution in [2.24, 2.45) is 40.4 Å². The molecular formula is C22H31NO. The smallest absolute Gasteiger partial charge is 0.0665 e. The van der Waals surface area contributed by atoms with E-state index in [9.17, 15) is 5.26 Å². The number of allylic oxidation sites excluding steroid dienone is 4. The first-order valence-electron chi connectivity index (χ1n) is 9.82. The largest absolute Gasteiger partial charge is 0.384 e. The van der Waals surface area contributed by atoms with Crippen LogP contribution in [0.15, 0.2) is 23.8 Å². The van der Waals surface area contributed by atoms with Crippen molar-refractivity contribution in [1.29, 1.82) is 5.26 Å². The van der Waals surface area contributed by atoms with Crippen molar-refractivity contribution in [3.05, 3.63) is 23.8 Å². The number of fused-ring (bicyclic) bond motifs is 5. The molecule has 24 heavy (non-hydrogen) atoms. The zero-order chi connectivity index (χ0) is 16.9. The minimum Gasteiger partial charge on any atom is -0.384 e. The third-order valence-electron chi connectivity index (χ3n) is 8.27. The summed E-state index contributed by atoms with van der Waals surface area (Å²) in [6, 6.07) is 2.69. The Morgan fingerprint density at radius 1 is 1.33 bits per heavy atom. The number of rotatable bonds is 2. The molecule has 0 saturated heterocycles. The third-order valence-corrected chi connectivity index (χ3v) is 8.27. The predicted molar refractivity (Wildman–Crippen MR) is 96.1 cm³/mol. The van der Waals surface area contributed by atoms with Crippen molar-refractivity contribution in [3.63, 3.8) is 0 Å². The average Bonchev–Trinajstić information content (AvgIpc) is 2.86. The summed E-state index contributed by atoms with van der Waals surface area (Å²) in [6.07, 6.45) is 14.7. The molecule has 7 atom stereocenters. The second-order valence-electron chi connectivity index (χ2n) is 9.16. The molecule has 0 N–H and O–H groups in total. The van der Waals surface area contributed by atoms with Gasteiger partial charge in [-0.1, -0.05) is 32.1 Å². The maximum atomic E-state index is 9.87. The van der Waals surface area contributed by atoms with Crippen LogP contribution in [-0.2, 0) is 4.74 Å². The van der Waals surface area contributed by atoms with Crippen molar-refractivity contribution in [2.45, 2.75) is 52.4 Å². The number of hydrogen-bond donors (Lipinski definition) is 0. The fraction of sp³-hybridized carbons (Fsp3) is 0.773. The molecule has 2 heteroatoms. The predicted octanol–water partition coefficient (Wildman–Crippen LogP) is 5.13. The van der Waals surface area contributed by atoms with Crippen LogP contribution < -0.4 is 0 Å². The lowest BCUT2D eigenvalue weighted by Crippen LogP contribution is -2.51. The van der Waals surface area contributed by atoms with Crippen LogP contribution in [0, 0.1) is 51.8 Å². The molecule has 0 aromatic heterocycles. The van der Waals surface area contributed by atoms with Crippen LogP contribution in [-0.4, -0.2) is 13.7 Å². The van der Waals surface area contributed by atoms with E-state index in [2.05, 4.69) is 38.1 Å². The lowest BCUT2D eigenvalue weighted by molar-refractivity contribution is -0.0739. The molecule has 0 unspecified atom stereocenters. The van der Waals surface area contributed by atoms with E-state index in [-0.39, 0.29) is 11.3 Å². The average molecular weight is 325 g/mol. The van der Waals surface area contributed by atoms with Gasteiger partial charge in [-0.05, 0) is 73.2 Å². The van der Waals surface area contributed by atoms with E-state index in [4.69, 9.17) is 4.74 Å². The quantitative estimate of drug-likeness (QED) is 0.705. The number of nitriles is 1. The van der Waals surface area contributed by atoms with E-state index in [1.165, 1.54) is 38.5 Å². The van der Waals surface area contributed by atoms with Gasteiger partial charge in [0.2, 0.25) is 0 Å². The van der Waals surface area contributed by atoms with Gasteiger partial charge in [-0.25, -0.2) is 0 Å². The monoisotopic (exact) mass is 325 g/mol. The van der Waals surface area contributed by atoms with E-state index < -0.39 is 0 Å². The highest BCUT2D eigenvalue weighted by molar-refractivity contribution is 5.34. The van der Waals surface area contributed by atoms with Gasteiger partial charge in [-0.3, -0.25) is 0 Å². The first-order chi connectivity index (χ1) is 11.6. The van der Waals surface area contributed by atoms with Crippen LogP contribution >= 0.6 is 0 Å². The highest BCUT2D eigenvalue weighted by Crippen LogP contribution is 2.66. The summed E-state index contributed by atoms with van der Waals surface area (Å²) in [7, 11) is 1.82. The lowest BCUT2D eigenvalue weighted by Gasteiger charge is -2.57. The Hall–Kier alpha value is -1.07. The molecule has 0 aromatic rings. The summed E-state index contributed by atoms with van der Waals surface area (Å²) >= 11 is 0. The third kappa shape index (κ3) is 2.03. The molecule has 2 nitrogen and oxygen atoms in total. The normalized spacial score (nSPS) is 49.6. The second-order valence-corrected chi connectivity index (χ2v) is 9.16. The van der Waals surface area contributed by atoms with Crippen LogP contribution in [0.25, 0.3) is 0 Å². The van der Waals surface area contributed by atoms with Crippen molar-refractivity contribution < 1.29 is 4.74 Å². The van der Waals surface area contributed by atoms with E-state index in [0.717, 1.165) is 18.4 Å². The fourth-order valence-corrected chi connectivity index (χ4v) is 7.23. The molecule has 0 aliphatic heterocycles. The van der Waals surface area contributed by atoms with Crippen LogP contribution in [0.5, 0.6) is 0 Å². The molecule has 0 bridgehead atoms. The van der Waals surface area contributed by atoms with E-state index in [1.807, 2.05) is 7.11 Å². The van der Waals surface area contributed by atoms with Crippen LogP contribution in [0.2, 0.25) is 0 Å². The Morgan fingerprint density at radius 2 is 2.17 bits per heavy atom. The molecule has 2 fully saturated rings. The maximum Gasteiger partial charge on any atom is 0.0665 e. The first kappa shape index (κ1) is 16.4. The van der Waals surface area contributed by atoms with Crippen LogP contribution in [0.4, 0.5) is 0 Å². The van der Waals surface area contributed by atoms with E-state index in [0.29, 0.717) is 17.3 Å². The molecule has 2 saturated carbocycles. The number of methoxy groups -OCH3 is 1. The second kappa shape index (κ2) is 5.73. The van der Waals surface area contributed by atoms with Gasteiger partial charge in [-0.2, -0.15) is 5.26 Å². The van der Waals surface area contributed by atoms with Gasteiger partial charge in [0.1, 0.15) is 0 Å². The summed E-state index contributed by atoms with van der Waals surface area (Å²) in [5, 5.41) is 9.87. The SMILES string of the molecule is COC[C@]12CC[C@H]3[C@@H](CC=C4C=CCC[C@@]43C)[C@@H]1C[C@H](C)[C@@H]2C#N. The van der Waals surface area contributed by atoms with Gasteiger partial charge in [-0.15, -0.1) is 0 Å². The Balaban J connectivity index is 1.73. The molecule has 0 aromatic carbocycles. The van der Waals surface area contributed by atoms with E-state index >= 15 is 0 Å². The minimum absolute atomic E-state index is 0.107. The number of hydrogen-bond acceptors (Lipinski definition) is 2. The van der Waals surface area contributed by atoms with Gasteiger partial charge in [0.25, 0.3) is 0 Å². The Morgan fingerprint density at radius 3 is 2.92 bits per heavy atom. The van der Waals surface area contributed by atoms with Gasteiger partial charge in [0.15, 0.2) is 0 Å². The maximum absolute atomic E-state index is 9.87. The Kier molecular flexibility index (Phi) is 3.92. The Labute approximate surface area is 147 Å². The molecule has 4 rings (SSSR count). The fourth-order valence-electron chi connectivity index (χ4n) is 7.23. The van der Waals surface area contributed by atoms with Crippen LogP contribution in [0.3, 0.4) is 0 Å². The minimum atomic E-state index is 0.107. The molecule has 0 heterocycles. The van der Waals surface area contributed by atoms with E-state index in [1.54, 1.807) is 5.57 Å². The van der Waals surface area contributed by atoms with Crippen molar-refractivity contribution in [1.82, 2.24) is 0 Å². The van der Waals surface area contributed by atoms with Gasteiger partial charge in [0.05, 0.1) is 18.6 Å². The van der Waals surface area contributed by atoms with Crippen molar-refractivity contribution in [3.8, 4) is 6.07 Å². The van der Waals surface area contributed by atoms with Crippen molar-refractivity contribution >= 4 is 0 Å². The van der Waals surface area contributed by atoms with Gasteiger partial charge < -0.3 is 4.74 Å².